The quantitative estimate of drug-likeness (QED) is 0.839. The first-order valence-electron chi connectivity index (χ1n) is 6.58. The first kappa shape index (κ1) is 14.7. The average Bonchev–Trinajstić information content (AvgIpc) is 2.72. The third-order valence-electron chi connectivity index (χ3n) is 3.10. The van der Waals surface area contributed by atoms with Gasteiger partial charge in [0.25, 0.3) is 5.56 Å². The van der Waals surface area contributed by atoms with Gasteiger partial charge in [-0.2, -0.15) is 0 Å². The van der Waals surface area contributed by atoms with E-state index in [4.69, 9.17) is 0 Å². The van der Waals surface area contributed by atoms with Crippen molar-refractivity contribution in [1.29, 1.82) is 0 Å². The van der Waals surface area contributed by atoms with Gasteiger partial charge in [0.05, 0.1) is 5.52 Å². The lowest BCUT2D eigenvalue weighted by molar-refractivity contribution is 0.546. The molecule has 0 bridgehead atoms. The van der Waals surface area contributed by atoms with Crippen LogP contribution in [0.2, 0.25) is 0 Å². The maximum Gasteiger partial charge on any atom is 0.268 e. The molecular formula is C16H20N2OS. The van der Waals surface area contributed by atoms with E-state index < -0.39 is 0 Å². The van der Waals surface area contributed by atoms with Crippen LogP contribution >= 0.6 is 11.3 Å². The smallest absolute Gasteiger partial charge is 0.268 e. The molecule has 20 heavy (non-hydrogen) atoms. The summed E-state index contributed by atoms with van der Waals surface area (Å²) < 4.78 is 0.675. The van der Waals surface area contributed by atoms with Crippen molar-refractivity contribution in [1.82, 2.24) is 9.97 Å². The molecular weight excluding hydrogens is 268 g/mol. The van der Waals surface area contributed by atoms with Gasteiger partial charge in [-0.3, -0.25) is 4.79 Å². The highest BCUT2D eigenvalue weighted by Gasteiger charge is 2.19. The van der Waals surface area contributed by atoms with Crippen LogP contribution in [0, 0.1) is 0 Å². The predicted octanol–water partition coefficient (Wildman–Crippen LogP) is 4.26. The van der Waals surface area contributed by atoms with Crippen molar-refractivity contribution in [2.75, 3.05) is 0 Å². The molecule has 1 N–H and O–H groups in total. The van der Waals surface area contributed by atoms with Gasteiger partial charge in [0.2, 0.25) is 0 Å². The molecule has 0 aliphatic carbocycles. The number of allylic oxidation sites excluding steroid dienone is 3. The van der Waals surface area contributed by atoms with Crippen molar-refractivity contribution in [3.8, 4) is 0 Å². The molecule has 106 valence electrons. The van der Waals surface area contributed by atoms with Gasteiger partial charge in [-0.05, 0) is 25.5 Å². The topological polar surface area (TPSA) is 45.8 Å². The van der Waals surface area contributed by atoms with E-state index in [1.807, 2.05) is 46.8 Å². The lowest BCUT2D eigenvalue weighted by Gasteiger charge is -2.16. The van der Waals surface area contributed by atoms with Gasteiger partial charge < -0.3 is 4.98 Å². The highest BCUT2D eigenvalue weighted by molar-refractivity contribution is 7.20. The molecule has 0 saturated carbocycles. The Morgan fingerprint density at radius 2 is 2.05 bits per heavy atom. The van der Waals surface area contributed by atoms with Crippen LogP contribution in [0.25, 0.3) is 15.8 Å². The van der Waals surface area contributed by atoms with Gasteiger partial charge >= 0.3 is 0 Å². The van der Waals surface area contributed by atoms with Crippen molar-refractivity contribution in [3.05, 3.63) is 45.3 Å². The molecule has 0 aromatic carbocycles. The van der Waals surface area contributed by atoms with Crippen molar-refractivity contribution in [2.24, 2.45) is 0 Å². The number of hydrogen-bond acceptors (Lipinski definition) is 3. The second kappa shape index (κ2) is 5.02. The number of nitrogens with zero attached hydrogens (tertiary/aromatic N) is 1. The third kappa shape index (κ3) is 2.61. The van der Waals surface area contributed by atoms with Gasteiger partial charge in [-0.1, -0.05) is 39.0 Å². The second-order valence-corrected chi connectivity index (χ2v) is 7.16. The summed E-state index contributed by atoms with van der Waals surface area (Å²) >= 11 is 1.47. The van der Waals surface area contributed by atoms with Crippen LogP contribution in [0.5, 0.6) is 0 Å². The fourth-order valence-corrected chi connectivity index (χ4v) is 3.12. The molecule has 0 radical (unpaired) electrons. The zero-order valence-electron chi connectivity index (χ0n) is 12.6. The van der Waals surface area contributed by atoms with Crippen molar-refractivity contribution < 1.29 is 0 Å². The number of aromatic nitrogens is 2. The highest BCUT2D eigenvalue weighted by Crippen LogP contribution is 2.30. The largest absolute Gasteiger partial charge is 0.309 e. The molecule has 0 amide bonds. The van der Waals surface area contributed by atoms with Crippen molar-refractivity contribution in [3.63, 3.8) is 0 Å². The molecule has 0 saturated heterocycles. The zero-order valence-corrected chi connectivity index (χ0v) is 13.4. The number of aromatic amines is 1. The Balaban J connectivity index is 2.73. The lowest BCUT2D eigenvalue weighted by Crippen LogP contribution is -2.21. The second-order valence-electron chi connectivity index (χ2n) is 6.11. The van der Waals surface area contributed by atoms with Gasteiger partial charge in [0.15, 0.2) is 0 Å². The summed E-state index contributed by atoms with van der Waals surface area (Å²) in [5.41, 5.74) is 2.78. The van der Waals surface area contributed by atoms with Crippen LogP contribution in [0.3, 0.4) is 0 Å². The average molecular weight is 288 g/mol. The van der Waals surface area contributed by atoms with E-state index in [0.717, 1.165) is 21.8 Å². The van der Waals surface area contributed by atoms with Gasteiger partial charge in [0.1, 0.15) is 10.5 Å². The Morgan fingerprint density at radius 3 is 2.55 bits per heavy atom. The molecule has 2 heterocycles. The molecule has 0 spiro atoms. The van der Waals surface area contributed by atoms with E-state index in [1.54, 1.807) is 0 Å². The van der Waals surface area contributed by atoms with Crippen LogP contribution < -0.4 is 5.56 Å². The Bertz CT molecular complexity index is 753. The summed E-state index contributed by atoms with van der Waals surface area (Å²) in [7, 11) is 0. The van der Waals surface area contributed by atoms with E-state index >= 15 is 0 Å². The normalized spacial score (nSPS) is 11.7. The SMILES string of the molecule is C=CC(=C(C)C)c1cc2nc(C(C)(C)C)[nH]c(=O)c2s1. The maximum absolute atomic E-state index is 12.2. The Labute approximate surface area is 123 Å². The first-order valence-corrected chi connectivity index (χ1v) is 7.40. The minimum atomic E-state index is -0.173. The number of thiophene rings is 1. The summed E-state index contributed by atoms with van der Waals surface area (Å²) in [5, 5.41) is 0. The van der Waals surface area contributed by atoms with Gasteiger partial charge in [0, 0.05) is 10.3 Å². The first-order chi connectivity index (χ1) is 9.24. The predicted molar refractivity (Wildman–Crippen MR) is 87.4 cm³/mol. The van der Waals surface area contributed by atoms with Crippen LogP contribution in [0.15, 0.2) is 29.1 Å². The van der Waals surface area contributed by atoms with E-state index in [2.05, 4.69) is 16.5 Å². The number of H-pyrrole nitrogens is 1. The molecule has 0 aliphatic heterocycles. The van der Waals surface area contributed by atoms with Crippen molar-refractivity contribution in [2.45, 2.75) is 40.0 Å². The summed E-state index contributed by atoms with van der Waals surface area (Å²) in [6.07, 6.45) is 1.83. The Morgan fingerprint density at radius 1 is 1.40 bits per heavy atom. The fraction of sp³-hybridized carbons (Fsp3) is 0.375. The van der Waals surface area contributed by atoms with E-state index in [0.29, 0.717) is 4.70 Å². The molecule has 2 aromatic heterocycles. The maximum atomic E-state index is 12.2. The molecule has 3 nitrogen and oxygen atoms in total. The molecule has 0 unspecified atom stereocenters. The standard InChI is InChI=1S/C16H20N2OS/c1-7-10(9(2)3)12-8-11-13(20-12)14(19)18-15(17-11)16(4,5)6/h7-8H,1H2,2-6H3,(H,17,18,19). The summed E-state index contributed by atoms with van der Waals surface area (Å²) in [4.78, 5) is 20.7. The number of fused-ring (bicyclic) bond motifs is 1. The molecule has 0 atom stereocenters. The zero-order chi connectivity index (χ0) is 15.1. The molecule has 0 aliphatic rings. The van der Waals surface area contributed by atoms with Gasteiger partial charge in [-0.15, -0.1) is 11.3 Å². The molecule has 2 rings (SSSR count). The summed E-state index contributed by atoms with van der Waals surface area (Å²) in [6, 6.07) is 1.98. The highest BCUT2D eigenvalue weighted by atomic mass is 32.1. The van der Waals surface area contributed by atoms with Crippen LogP contribution in [0.4, 0.5) is 0 Å². The van der Waals surface area contributed by atoms with Crippen LogP contribution in [-0.4, -0.2) is 9.97 Å². The molecule has 4 heteroatoms. The van der Waals surface area contributed by atoms with E-state index in [-0.39, 0.29) is 11.0 Å². The summed E-state index contributed by atoms with van der Waals surface area (Å²) in [6.45, 7) is 14.0. The Hall–Kier alpha value is -1.68. The number of rotatable bonds is 2. The van der Waals surface area contributed by atoms with Gasteiger partial charge in [-0.25, -0.2) is 4.98 Å². The monoisotopic (exact) mass is 288 g/mol. The number of nitrogens with one attached hydrogen (secondary N) is 1. The number of hydrogen-bond donors (Lipinski definition) is 1. The van der Waals surface area contributed by atoms with Crippen LogP contribution in [0.1, 0.15) is 45.3 Å². The lowest BCUT2D eigenvalue weighted by atomic mass is 9.96. The molecule has 2 aromatic rings. The van der Waals surface area contributed by atoms with E-state index in [1.165, 1.54) is 16.9 Å². The minimum absolute atomic E-state index is 0.0617. The summed E-state index contributed by atoms with van der Waals surface area (Å²) in [5.74, 6) is 0.719. The minimum Gasteiger partial charge on any atom is -0.309 e. The van der Waals surface area contributed by atoms with Crippen LogP contribution in [-0.2, 0) is 5.41 Å². The van der Waals surface area contributed by atoms with Crippen molar-refractivity contribution >= 4 is 27.1 Å². The third-order valence-corrected chi connectivity index (χ3v) is 4.26. The fourth-order valence-electron chi connectivity index (χ4n) is 1.98. The van der Waals surface area contributed by atoms with E-state index in [9.17, 15) is 4.79 Å². The Kier molecular flexibility index (Phi) is 3.69. The molecule has 0 fully saturated rings.